The van der Waals surface area contributed by atoms with E-state index in [0.717, 1.165) is 18.2 Å². The number of nitrogen functional groups attached to an aromatic ring is 1. The number of halogens is 6. The number of piperidine rings is 1. The van der Waals surface area contributed by atoms with E-state index in [1.165, 1.54) is 4.90 Å². The zero-order valence-corrected chi connectivity index (χ0v) is 12.3. The Labute approximate surface area is 133 Å². The Hall–Kier alpha value is -1.97. The highest BCUT2D eigenvalue weighted by atomic mass is 19.4. The molecule has 1 aromatic rings. The second-order valence-corrected chi connectivity index (χ2v) is 5.51. The summed E-state index contributed by atoms with van der Waals surface area (Å²) in [5, 5.41) is 0. The lowest BCUT2D eigenvalue weighted by molar-refractivity contribution is -0.179. The van der Waals surface area contributed by atoms with Gasteiger partial charge in [-0.1, -0.05) is 0 Å². The van der Waals surface area contributed by atoms with E-state index in [1.807, 2.05) is 5.43 Å². The van der Waals surface area contributed by atoms with Crippen molar-refractivity contribution in [3.05, 3.63) is 29.3 Å². The van der Waals surface area contributed by atoms with E-state index < -0.39 is 29.7 Å². The van der Waals surface area contributed by atoms with Crippen molar-refractivity contribution in [2.45, 2.75) is 25.2 Å². The van der Waals surface area contributed by atoms with E-state index in [2.05, 4.69) is 0 Å². The van der Waals surface area contributed by atoms with Gasteiger partial charge in [-0.2, -0.15) is 26.3 Å². The van der Waals surface area contributed by atoms with Crippen LogP contribution in [-0.2, 0) is 6.18 Å². The molecule has 1 aliphatic heterocycles. The molecule has 2 rings (SSSR count). The maximum absolute atomic E-state index is 13.2. The van der Waals surface area contributed by atoms with Gasteiger partial charge in [0.2, 0.25) is 0 Å². The molecular weight excluding hydrogens is 340 g/mol. The molecule has 0 spiro atoms. The van der Waals surface area contributed by atoms with E-state index in [9.17, 15) is 31.1 Å². The molecular formula is C14H15F6N3O. The van der Waals surface area contributed by atoms with Crippen LogP contribution >= 0.6 is 0 Å². The predicted molar refractivity (Wildman–Crippen MR) is 74.1 cm³/mol. The van der Waals surface area contributed by atoms with Crippen molar-refractivity contribution in [3.8, 4) is 0 Å². The SMILES string of the molecule is NNC(=O)c1ccc(C(F)(F)F)c(N2CCC(C(F)(F)F)CC2)c1. The van der Waals surface area contributed by atoms with E-state index >= 15 is 0 Å². The number of benzene rings is 1. The van der Waals surface area contributed by atoms with Crippen molar-refractivity contribution in [3.63, 3.8) is 0 Å². The Balaban J connectivity index is 2.32. The summed E-state index contributed by atoms with van der Waals surface area (Å²) in [6.45, 7) is -0.359. The van der Waals surface area contributed by atoms with Crippen LogP contribution in [0, 0.1) is 5.92 Å². The lowest BCUT2D eigenvalue weighted by Gasteiger charge is -2.35. The van der Waals surface area contributed by atoms with E-state index in [-0.39, 0.29) is 37.2 Å². The molecule has 0 aliphatic carbocycles. The molecule has 4 nitrogen and oxygen atoms in total. The minimum absolute atomic E-state index is 0.0987. The molecule has 1 heterocycles. The smallest absolute Gasteiger partial charge is 0.371 e. The van der Waals surface area contributed by atoms with E-state index in [0.29, 0.717) is 0 Å². The average molecular weight is 355 g/mol. The second kappa shape index (κ2) is 6.50. The quantitative estimate of drug-likeness (QED) is 0.371. The molecule has 3 N–H and O–H groups in total. The van der Waals surface area contributed by atoms with Crippen molar-refractivity contribution in [2.24, 2.45) is 11.8 Å². The third-order valence-electron chi connectivity index (χ3n) is 3.99. The number of carbonyl (C=O) groups excluding carboxylic acids is 1. The van der Waals surface area contributed by atoms with Crippen LogP contribution in [0.15, 0.2) is 18.2 Å². The summed E-state index contributed by atoms with van der Waals surface area (Å²) in [6, 6.07) is 2.70. The summed E-state index contributed by atoms with van der Waals surface area (Å²) in [5.74, 6) is 2.65. The van der Waals surface area contributed by atoms with Crippen LogP contribution < -0.4 is 16.2 Å². The number of nitrogens with one attached hydrogen (secondary N) is 1. The third-order valence-corrected chi connectivity index (χ3v) is 3.99. The van der Waals surface area contributed by atoms with Gasteiger partial charge in [0.1, 0.15) is 0 Å². The minimum Gasteiger partial charge on any atom is -0.371 e. The van der Waals surface area contributed by atoms with Crippen LogP contribution in [0.5, 0.6) is 0 Å². The minimum atomic E-state index is -4.69. The van der Waals surface area contributed by atoms with Gasteiger partial charge in [-0.3, -0.25) is 10.2 Å². The zero-order chi connectivity index (χ0) is 18.1. The third kappa shape index (κ3) is 3.92. The average Bonchev–Trinajstić information content (AvgIpc) is 2.52. The molecule has 10 heteroatoms. The van der Waals surface area contributed by atoms with Crippen molar-refractivity contribution < 1.29 is 31.1 Å². The zero-order valence-electron chi connectivity index (χ0n) is 12.3. The lowest BCUT2D eigenvalue weighted by Crippen LogP contribution is -2.40. The molecule has 1 fully saturated rings. The maximum atomic E-state index is 13.2. The van der Waals surface area contributed by atoms with Crippen LogP contribution in [-0.4, -0.2) is 25.2 Å². The van der Waals surface area contributed by atoms with Crippen LogP contribution in [0.4, 0.5) is 32.0 Å². The van der Waals surface area contributed by atoms with Gasteiger partial charge < -0.3 is 4.90 Å². The number of hydrazine groups is 1. The molecule has 1 aromatic carbocycles. The first-order valence-electron chi connectivity index (χ1n) is 7.08. The molecule has 0 saturated carbocycles. The highest BCUT2D eigenvalue weighted by molar-refractivity contribution is 5.95. The number of amides is 1. The van der Waals surface area contributed by atoms with Crippen molar-refractivity contribution in [2.75, 3.05) is 18.0 Å². The van der Waals surface area contributed by atoms with Gasteiger partial charge in [0.05, 0.1) is 11.5 Å². The van der Waals surface area contributed by atoms with Gasteiger partial charge in [0, 0.05) is 24.3 Å². The molecule has 1 amide bonds. The van der Waals surface area contributed by atoms with Gasteiger partial charge in [-0.05, 0) is 31.0 Å². The first-order chi connectivity index (χ1) is 11.0. The summed E-state index contributed by atoms with van der Waals surface area (Å²) >= 11 is 0. The van der Waals surface area contributed by atoms with E-state index in [1.54, 1.807) is 0 Å². The standard InChI is InChI=1S/C14H15F6N3O/c15-13(16,17)9-3-5-23(6-4-9)11-7-8(12(24)22-21)1-2-10(11)14(18,19)20/h1-2,7,9H,3-6,21H2,(H,22,24). The number of hydrogen-bond donors (Lipinski definition) is 2. The van der Waals surface area contributed by atoms with E-state index in [4.69, 9.17) is 5.84 Å². The highest BCUT2D eigenvalue weighted by Crippen LogP contribution is 2.40. The number of rotatable bonds is 2. The summed E-state index contributed by atoms with van der Waals surface area (Å²) in [4.78, 5) is 12.7. The molecule has 1 saturated heterocycles. The lowest BCUT2D eigenvalue weighted by atomic mass is 9.95. The van der Waals surface area contributed by atoms with Gasteiger partial charge in [-0.25, -0.2) is 5.84 Å². The summed E-state index contributed by atoms with van der Waals surface area (Å²) < 4.78 is 77.5. The van der Waals surface area contributed by atoms with Crippen LogP contribution in [0.1, 0.15) is 28.8 Å². The van der Waals surface area contributed by atoms with Gasteiger partial charge in [0.25, 0.3) is 5.91 Å². The van der Waals surface area contributed by atoms with Crippen LogP contribution in [0.2, 0.25) is 0 Å². The maximum Gasteiger partial charge on any atom is 0.418 e. The fourth-order valence-electron chi connectivity index (χ4n) is 2.71. The predicted octanol–water partition coefficient (Wildman–Crippen LogP) is 3.09. The number of carbonyl (C=O) groups is 1. The summed E-state index contributed by atoms with van der Waals surface area (Å²) in [6.07, 6.45) is -9.64. The van der Waals surface area contributed by atoms with Gasteiger partial charge in [0.15, 0.2) is 0 Å². The summed E-state index contributed by atoms with van der Waals surface area (Å²) in [5.41, 5.74) is 0.396. The van der Waals surface area contributed by atoms with Crippen molar-refractivity contribution in [1.82, 2.24) is 5.43 Å². The van der Waals surface area contributed by atoms with Gasteiger partial charge in [-0.15, -0.1) is 0 Å². The number of alkyl halides is 6. The molecule has 0 unspecified atom stereocenters. The fraction of sp³-hybridized carbons (Fsp3) is 0.500. The highest BCUT2D eigenvalue weighted by Gasteiger charge is 2.42. The summed E-state index contributed by atoms with van der Waals surface area (Å²) in [7, 11) is 0. The second-order valence-electron chi connectivity index (χ2n) is 5.51. The molecule has 24 heavy (non-hydrogen) atoms. The molecule has 1 aliphatic rings. The molecule has 134 valence electrons. The number of nitrogens with zero attached hydrogens (tertiary/aromatic N) is 1. The molecule has 0 atom stereocenters. The van der Waals surface area contributed by atoms with Crippen molar-refractivity contribution >= 4 is 11.6 Å². The number of hydrogen-bond acceptors (Lipinski definition) is 3. The Morgan fingerprint density at radius 3 is 2.17 bits per heavy atom. The first kappa shape index (κ1) is 18.4. The largest absolute Gasteiger partial charge is 0.418 e. The monoisotopic (exact) mass is 355 g/mol. The number of anilines is 1. The van der Waals surface area contributed by atoms with Crippen LogP contribution in [0.25, 0.3) is 0 Å². The first-order valence-corrected chi connectivity index (χ1v) is 7.08. The molecule has 0 radical (unpaired) electrons. The Kier molecular flexibility index (Phi) is 4.97. The Morgan fingerprint density at radius 1 is 1.12 bits per heavy atom. The Morgan fingerprint density at radius 2 is 1.71 bits per heavy atom. The normalized spacial score (nSPS) is 17.0. The van der Waals surface area contributed by atoms with Crippen LogP contribution in [0.3, 0.4) is 0 Å². The fourth-order valence-corrected chi connectivity index (χ4v) is 2.71. The molecule has 0 bridgehead atoms. The number of nitrogens with two attached hydrogens (primary N) is 1. The molecule has 0 aromatic heterocycles. The Bertz CT molecular complexity index is 606. The topological polar surface area (TPSA) is 58.4 Å². The van der Waals surface area contributed by atoms with Crippen molar-refractivity contribution in [1.29, 1.82) is 0 Å². The van der Waals surface area contributed by atoms with Gasteiger partial charge >= 0.3 is 12.4 Å².